The monoisotopic (exact) mass is 443 g/mol. The summed E-state index contributed by atoms with van der Waals surface area (Å²) in [6.07, 6.45) is 8.06. The second kappa shape index (κ2) is 11.2. The third kappa shape index (κ3) is 5.35. The second-order valence-electron chi connectivity index (χ2n) is 8.69. The number of carbonyl (C=O) groups is 2. The lowest BCUT2D eigenvalue weighted by molar-refractivity contribution is -0.384. The van der Waals surface area contributed by atoms with Gasteiger partial charge in [0.25, 0.3) is 17.5 Å². The molecule has 1 fully saturated rings. The lowest BCUT2D eigenvalue weighted by Crippen LogP contribution is -2.40. The highest BCUT2D eigenvalue weighted by molar-refractivity contribution is 6.35. The molecule has 2 aliphatic heterocycles. The Labute approximate surface area is 189 Å². The normalized spacial score (nSPS) is 19.2. The van der Waals surface area contributed by atoms with E-state index in [0.717, 1.165) is 38.5 Å². The minimum Gasteiger partial charge on any atom is -0.396 e. The van der Waals surface area contributed by atoms with E-state index in [9.17, 15) is 24.8 Å². The van der Waals surface area contributed by atoms with Crippen LogP contribution in [0.2, 0.25) is 0 Å². The zero-order valence-electron chi connectivity index (χ0n) is 18.8. The number of benzene rings is 1. The van der Waals surface area contributed by atoms with Crippen molar-refractivity contribution in [2.24, 2.45) is 5.92 Å². The first-order chi connectivity index (χ1) is 15.5. The summed E-state index contributed by atoms with van der Waals surface area (Å²) in [5, 5.41) is 20.7. The number of rotatable bonds is 11. The summed E-state index contributed by atoms with van der Waals surface area (Å²) < 4.78 is 0. The molecule has 2 heterocycles. The summed E-state index contributed by atoms with van der Waals surface area (Å²) in [6.45, 7) is 3.75. The van der Waals surface area contributed by atoms with E-state index < -0.39 is 4.92 Å². The molecule has 8 nitrogen and oxygen atoms in total. The summed E-state index contributed by atoms with van der Waals surface area (Å²) in [6, 6.07) is 5.81. The van der Waals surface area contributed by atoms with Crippen LogP contribution in [0.3, 0.4) is 0 Å². The van der Waals surface area contributed by atoms with Gasteiger partial charge in [-0.05, 0) is 42.9 Å². The summed E-state index contributed by atoms with van der Waals surface area (Å²) in [5.74, 6) is -0.570. The number of aliphatic hydroxyl groups is 1. The lowest BCUT2D eigenvalue weighted by Gasteiger charge is -2.34. The maximum absolute atomic E-state index is 13.4. The molecule has 1 aromatic carbocycles. The molecule has 0 radical (unpaired) electrons. The minimum atomic E-state index is -0.484. The zero-order valence-corrected chi connectivity index (χ0v) is 18.8. The maximum Gasteiger partial charge on any atom is 0.277 e. The highest BCUT2D eigenvalue weighted by Gasteiger charge is 2.42. The Balaban J connectivity index is 1.84. The Hall–Kier alpha value is -2.74. The number of nitro groups is 1. The number of likely N-dealkylation sites (tertiary alicyclic amines) is 1. The Morgan fingerprint density at radius 3 is 2.41 bits per heavy atom. The summed E-state index contributed by atoms with van der Waals surface area (Å²) in [4.78, 5) is 40.5. The minimum absolute atomic E-state index is 0.0419. The highest BCUT2D eigenvalue weighted by atomic mass is 16.6. The van der Waals surface area contributed by atoms with Crippen molar-refractivity contribution in [3.05, 3.63) is 45.6 Å². The molecule has 3 rings (SSSR count). The van der Waals surface area contributed by atoms with Crippen LogP contribution in [0.25, 0.3) is 5.57 Å². The van der Waals surface area contributed by atoms with Crippen LogP contribution in [0.1, 0.15) is 63.9 Å². The fourth-order valence-corrected chi connectivity index (χ4v) is 4.54. The summed E-state index contributed by atoms with van der Waals surface area (Å²) in [5.41, 5.74) is 1.14. The summed E-state index contributed by atoms with van der Waals surface area (Å²) in [7, 11) is 0. The van der Waals surface area contributed by atoms with E-state index in [0.29, 0.717) is 36.5 Å². The average molecular weight is 444 g/mol. The number of imide groups is 1. The van der Waals surface area contributed by atoms with Crippen molar-refractivity contribution in [2.75, 3.05) is 26.2 Å². The Morgan fingerprint density at radius 2 is 1.75 bits per heavy atom. The molecule has 0 bridgehead atoms. The predicted octanol–water partition coefficient (Wildman–Crippen LogP) is 3.74. The molecular weight excluding hydrogens is 410 g/mol. The topological polar surface area (TPSA) is 104 Å². The number of hydrogen-bond acceptors (Lipinski definition) is 6. The van der Waals surface area contributed by atoms with Crippen LogP contribution in [-0.2, 0) is 9.59 Å². The molecule has 1 aromatic rings. The first-order valence-electron chi connectivity index (χ1n) is 11.7. The van der Waals surface area contributed by atoms with Gasteiger partial charge in [0.1, 0.15) is 5.70 Å². The molecular formula is C24H33N3O5. The van der Waals surface area contributed by atoms with Crippen molar-refractivity contribution in [1.82, 2.24) is 9.80 Å². The first-order valence-corrected chi connectivity index (χ1v) is 11.7. The predicted molar refractivity (Wildman–Crippen MR) is 121 cm³/mol. The summed E-state index contributed by atoms with van der Waals surface area (Å²) >= 11 is 0. The second-order valence-corrected chi connectivity index (χ2v) is 8.69. The van der Waals surface area contributed by atoms with Crippen LogP contribution in [0.15, 0.2) is 30.0 Å². The Kier molecular flexibility index (Phi) is 8.39. The molecule has 2 aliphatic rings. The van der Waals surface area contributed by atoms with Crippen molar-refractivity contribution >= 4 is 23.1 Å². The van der Waals surface area contributed by atoms with Gasteiger partial charge in [-0.3, -0.25) is 24.6 Å². The van der Waals surface area contributed by atoms with Gasteiger partial charge in [0, 0.05) is 38.4 Å². The molecule has 8 heteroatoms. The number of nitro benzene ring substituents is 1. The van der Waals surface area contributed by atoms with Gasteiger partial charge in [-0.15, -0.1) is 0 Å². The van der Waals surface area contributed by atoms with Crippen LogP contribution in [0, 0.1) is 16.0 Å². The van der Waals surface area contributed by atoms with Gasteiger partial charge >= 0.3 is 0 Å². The van der Waals surface area contributed by atoms with Crippen LogP contribution in [0.4, 0.5) is 5.69 Å². The van der Waals surface area contributed by atoms with Crippen molar-refractivity contribution in [1.29, 1.82) is 0 Å². The molecule has 1 atom stereocenters. The first kappa shape index (κ1) is 23.9. The van der Waals surface area contributed by atoms with Gasteiger partial charge < -0.3 is 10.0 Å². The van der Waals surface area contributed by atoms with E-state index in [2.05, 4.69) is 6.92 Å². The fraction of sp³-hybridized carbons (Fsp3) is 0.583. The zero-order chi connectivity index (χ0) is 23.1. The van der Waals surface area contributed by atoms with E-state index in [1.54, 1.807) is 12.1 Å². The molecule has 2 amide bonds. The third-order valence-electron chi connectivity index (χ3n) is 6.34. The maximum atomic E-state index is 13.4. The number of amides is 2. The van der Waals surface area contributed by atoms with Crippen molar-refractivity contribution in [3.8, 4) is 0 Å². The molecule has 0 saturated carbocycles. The van der Waals surface area contributed by atoms with Gasteiger partial charge in [0.15, 0.2) is 0 Å². The standard InChI is InChI=1S/C24H33N3O5/c1-2-3-4-5-6-7-15-26-23(29)21(19-10-12-20(13-11-19)27(31)32)22(24(26)30)25-14-8-9-18(16-25)17-28/h10-13,18,28H,2-9,14-17H2,1H3. The third-order valence-corrected chi connectivity index (χ3v) is 6.34. The van der Waals surface area contributed by atoms with E-state index in [-0.39, 0.29) is 30.0 Å². The molecule has 32 heavy (non-hydrogen) atoms. The Bertz CT molecular complexity index is 865. The molecule has 1 saturated heterocycles. The molecule has 1 N–H and O–H groups in total. The van der Waals surface area contributed by atoms with E-state index in [1.165, 1.54) is 29.9 Å². The number of unbranched alkanes of at least 4 members (excludes halogenated alkanes) is 5. The van der Waals surface area contributed by atoms with Crippen LogP contribution in [0.5, 0.6) is 0 Å². The average Bonchev–Trinajstić information content (AvgIpc) is 3.06. The van der Waals surface area contributed by atoms with Gasteiger partial charge in [0.05, 0.1) is 10.5 Å². The number of piperidine rings is 1. The van der Waals surface area contributed by atoms with E-state index >= 15 is 0 Å². The number of non-ortho nitro benzene ring substituents is 1. The largest absolute Gasteiger partial charge is 0.396 e. The van der Waals surface area contributed by atoms with Gasteiger partial charge in [0.2, 0.25) is 0 Å². The molecule has 174 valence electrons. The number of hydrogen-bond donors (Lipinski definition) is 1. The number of aliphatic hydroxyl groups excluding tert-OH is 1. The molecule has 0 aromatic heterocycles. The number of nitrogens with zero attached hydrogens (tertiary/aromatic N) is 3. The van der Waals surface area contributed by atoms with Crippen molar-refractivity contribution in [2.45, 2.75) is 58.3 Å². The molecule has 0 aliphatic carbocycles. The fourth-order valence-electron chi connectivity index (χ4n) is 4.54. The lowest BCUT2D eigenvalue weighted by atomic mass is 9.97. The smallest absolute Gasteiger partial charge is 0.277 e. The number of carbonyl (C=O) groups excluding carboxylic acids is 2. The van der Waals surface area contributed by atoms with E-state index in [4.69, 9.17) is 0 Å². The molecule has 1 unspecified atom stereocenters. The van der Waals surface area contributed by atoms with Crippen LogP contribution in [-0.4, -0.2) is 57.9 Å². The SMILES string of the molecule is CCCCCCCCN1C(=O)C(c2ccc([N+](=O)[O-])cc2)=C(N2CCCC(CO)C2)C1=O. The molecule has 0 spiro atoms. The van der Waals surface area contributed by atoms with E-state index in [1.807, 2.05) is 4.90 Å². The van der Waals surface area contributed by atoms with Crippen molar-refractivity contribution in [3.63, 3.8) is 0 Å². The van der Waals surface area contributed by atoms with Gasteiger partial charge in [-0.1, -0.05) is 39.0 Å². The van der Waals surface area contributed by atoms with Gasteiger partial charge in [-0.25, -0.2) is 0 Å². The quantitative estimate of drug-likeness (QED) is 0.242. The van der Waals surface area contributed by atoms with Crippen LogP contribution >= 0.6 is 0 Å². The highest BCUT2D eigenvalue weighted by Crippen LogP contribution is 2.34. The van der Waals surface area contributed by atoms with Crippen LogP contribution < -0.4 is 0 Å². The van der Waals surface area contributed by atoms with Crippen molar-refractivity contribution < 1.29 is 19.6 Å². The van der Waals surface area contributed by atoms with Gasteiger partial charge in [-0.2, -0.15) is 0 Å². The Morgan fingerprint density at radius 1 is 1.06 bits per heavy atom.